The van der Waals surface area contributed by atoms with Gasteiger partial charge in [-0.05, 0) is 36.6 Å². The molecule has 1 saturated heterocycles. The smallest absolute Gasteiger partial charge is 0.246 e. The zero-order valence-corrected chi connectivity index (χ0v) is 16.3. The first-order valence-corrected chi connectivity index (χ1v) is 9.73. The first-order chi connectivity index (χ1) is 14.2. The molecule has 0 aliphatic carbocycles. The lowest BCUT2D eigenvalue weighted by Gasteiger charge is -2.29. The molecule has 4 rings (SSSR count). The summed E-state index contributed by atoms with van der Waals surface area (Å²) in [5.74, 6) is 2.28. The van der Waals surface area contributed by atoms with E-state index in [9.17, 15) is 4.79 Å². The Kier molecular flexibility index (Phi) is 5.70. The molecule has 1 aromatic heterocycles. The van der Waals surface area contributed by atoms with Gasteiger partial charge in [-0.15, -0.1) is 0 Å². The zero-order valence-electron chi connectivity index (χ0n) is 16.3. The summed E-state index contributed by atoms with van der Waals surface area (Å²) in [5.41, 5.74) is 1.91. The van der Waals surface area contributed by atoms with Crippen LogP contribution < -0.4 is 4.74 Å². The van der Waals surface area contributed by atoms with Crippen LogP contribution in [0.4, 0.5) is 0 Å². The van der Waals surface area contributed by atoms with Crippen molar-refractivity contribution in [3.8, 4) is 17.1 Å². The van der Waals surface area contributed by atoms with Crippen molar-refractivity contribution in [2.75, 3.05) is 20.2 Å². The molecule has 0 saturated carbocycles. The molecule has 0 N–H and O–H groups in total. The van der Waals surface area contributed by atoms with Crippen molar-refractivity contribution in [2.45, 2.75) is 18.8 Å². The number of carbonyl (C=O) groups is 1. The van der Waals surface area contributed by atoms with Gasteiger partial charge < -0.3 is 14.2 Å². The summed E-state index contributed by atoms with van der Waals surface area (Å²) in [5, 5.41) is 4.10. The van der Waals surface area contributed by atoms with Gasteiger partial charge in [0.15, 0.2) is 0 Å². The molecule has 0 spiro atoms. The van der Waals surface area contributed by atoms with Gasteiger partial charge in [0, 0.05) is 30.6 Å². The van der Waals surface area contributed by atoms with Crippen LogP contribution in [0.25, 0.3) is 17.5 Å². The van der Waals surface area contributed by atoms with E-state index < -0.39 is 0 Å². The minimum absolute atomic E-state index is 0.0229. The van der Waals surface area contributed by atoms with E-state index in [1.165, 1.54) is 0 Å². The first-order valence-electron chi connectivity index (χ1n) is 9.73. The van der Waals surface area contributed by atoms with Gasteiger partial charge in [-0.3, -0.25) is 4.79 Å². The van der Waals surface area contributed by atoms with Crippen molar-refractivity contribution < 1.29 is 14.1 Å². The molecule has 0 atom stereocenters. The third kappa shape index (κ3) is 4.54. The van der Waals surface area contributed by atoms with Gasteiger partial charge in [0.25, 0.3) is 0 Å². The van der Waals surface area contributed by atoms with E-state index in [1.807, 2.05) is 65.6 Å². The number of carbonyl (C=O) groups excluding carboxylic acids is 1. The lowest BCUT2D eigenvalue weighted by atomic mass is 9.96. The molecule has 1 fully saturated rings. The van der Waals surface area contributed by atoms with Gasteiger partial charge in [-0.25, -0.2) is 0 Å². The van der Waals surface area contributed by atoms with Crippen LogP contribution >= 0.6 is 0 Å². The maximum atomic E-state index is 12.5. The van der Waals surface area contributed by atoms with Gasteiger partial charge in [0.2, 0.25) is 17.6 Å². The fourth-order valence-corrected chi connectivity index (χ4v) is 3.44. The summed E-state index contributed by atoms with van der Waals surface area (Å²) in [4.78, 5) is 18.9. The van der Waals surface area contributed by atoms with Crippen LogP contribution in [0, 0.1) is 0 Å². The van der Waals surface area contributed by atoms with Crippen LogP contribution in [0.2, 0.25) is 0 Å². The minimum Gasteiger partial charge on any atom is -0.497 e. The van der Waals surface area contributed by atoms with Crippen LogP contribution in [0.15, 0.2) is 65.2 Å². The normalized spacial score (nSPS) is 15.0. The van der Waals surface area contributed by atoms with Crippen LogP contribution in [0.3, 0.4) is 0 Å². The Bertz CT molecular complexity index is 972. The van der Waals surface area contributed by atoms with Crippen LogP contribution in [-0.4, -0.2) is 41.1 Å². The molecular weight excluding hydrogens is 366 g/mol. The molecule has 0 radical (unpaired) electrons. The molecule has 1 aliphatic rings. The number of nitrogens with zero attached hydrogens (tertiary/aromatic N) is 3. The SMILES string of the molecule is COc1ccc(C=CC(=O)N2CCC(c3nc(-c4ccccc4)no3)CC2)cc1. The number of amides is 1. The molecule has 0 unspecified atom stereocenters. The zero-order chi connectivity index (χ0) is 20.1. The highest BCUT2D eigenvalue weighted by atomic mass is 16.5. The first kappa shape index (κ1) is 18.9. The van der Waals surface area contributed by atoms with Gasteiger partial charge in [0.05, 0.1) is 7.11 Å². The molecule has 148 valence electrons. The lowest BCUT2D eigenvalue weighted by molar-refractivity contribution is -0.127. The van der Waals surface area contributed by atoms with E-state index in [1.54, 1.807) is 13.2 Å². The Morgan fingerprint density at radius 2 is 1.83 bits per heavy atom. The van der Waals surface area contributed by atoms with Crippen molar-refractivity contribution in [1.82, 2.24) is 15.0 Å². The number of piperidine rings is 1. The Labute approximate surface area is 169 Å². The highest BCUT2D eigenvalue weighted by Crippen LogP contribution is 2.28. The third-order valence-corrected chi connectivity index (χ3v) is 5.16. The second-order valence-electron chi connectivity index (χ2n) is 7.03. The molecule has 3 aromatic rings. The predicted molar refractivity (Wildman–Crippen MR) is 110 cm³/mol. The molecule has 1 aliphatic heterocycles. The quantitative estimate of drug-likeness (QED) is 0.613. The van der Waals surface area contributed by atoms with Gasteiger partial charge in [-0.2, -0.15) is 4.98 Å². The number of likely N-dealkylation sites (tertiary alicyclic amines) is 1. The van der Waals surface area contributed by atoms with E-state index in [4.69, 9.17) is 9.26 Å². The van der Waals surface area contributed by atoms with Crippen LogP contribution in [0.5, 0.6) is 5.75 Å². The Hall–Kier alpha value is -3.41. The van der Waals surface area contributed by atoms with E-state index in [2.05, 4.69) is 10.1 Å². The van der Waals surface area contributed by atoms with Crippen LogP contribution in [0.1, 0.15) is 30.2 Å². The minimum atomic E-state index is 0.0229. The average Bonchev–Trinajstić information content (AvgIpc) is 3.29. The maximum absolute atomic E-state index is 12.5. The lowest BCUT2D eigenvalue weighted by Crippen LogP contribution is -2.36. The molecule has 2 aromatic carbocycles. The standard InChI is InChI=1S/C23H23N3O3/c1-28-20-10-7-17(8-11-20)9-12-21(27)26-15-13-19(14-16-26)23-24-22(25-29-23)18-5-3-2-4-6-18/h2-12,19H,13-16H2,1H3. The number of methoxy groups -OCH3 is 1. The van der Waals surface area contributed by atoms with Crippen LogP contribution in [-0.2, 0) is 4.79 Å². The second-order valence-corrected chi connectivity index (χ2v) is 7.03. The monoisotopic (exact) mass is 389 g/mol. The second kappa shape index (κ2) is 8.73. The van der Waals surface area contributed by atoms with E-state index in [-0.39, 0.29) is 11.8 Å². The van der Waals surface area contributed by atoms with E-state index >= 15 is 0 Å². The summed E-state index contributed by atoms with van der Waals surface area (Å²) in [6.45, 7) is 1.36. The summed E-state index contributed by atoms with van der Waals surface area (Å²) < 4.78 is 10.6. The number of aromatic nitrogens is 2. The van der Waals surface area contributed by atoms with Crippen molar-refractivity contribution >= 4 is 12.0 Å². The molecule has 2 heterocycles. The number of hydrogen-bond donors (Lipinski definition) is 0. The Balaban J connectivity index is 1.32. The molecule has 6 nitrogen and oxygen atoms in total. The Morgan fingerprint density at radius 1 is 1.10 bits per heavy atom. The summed E-state index contributed by atoms with van der Waals surface area (Å²) in [6, 6.07) is 17.4. The molecule has 29 heavy (non-hydrogen) atoms. The van der Waals surface area contributed by atoms with E-state index in [0.717, 1.165) is 29.7 Å². The fourth-order valence-electron chi connectivity index (χ4n) is 3.44. The summed E-state index contributed by atoms with van der Waals surface area (Å²) in [7, 11) is 1.63. The van der Waals surface area contributed by atoms with Crippen molar-refractivity contribution in [2.24, 2.45) is 0 Å². The number of benzene rings is 2. The van der Waals surface area contributed by atoms with Gasteiger partial charge >= 0.3 is 0 Å². The molecule has 6 heteroatoms. The number of ether oxygens (including phenoxy) is 1. The topological polar surface area (TPSA) is 68.5 Å². The largest absolute Gasteiger partial charge is 0.497 e. The number of hydrogen-bond acceptors (Lipinski definition) is 5. The van der Waals surface area contributed by atoms with Crippen molar-refractivity contribution in [3.05, 3.63) is 72.1 Å². The molecular formula is C23H23N3O3. The highest BCUT2D eigenvalue weighted by molar-refractivity contribution is 5.91. The van der Waals surface area contributed by atoms with Crippen molar-refractivity contribution in [1.29, 1.82) is 0 Å². The molecule has 0 bridgehead atoms. The van der Waals surface area contributed by atoms with Gasteiger partial charge in [-0.1, -0.05) is 47.6 Å². The third-order valence-electron chi connectivity index (χ3n) is 5.16. The molecule has 1 amide bonds. The highest BCUT2D eigenvalue weighted by Gasteiger charge is 2.26. The summed E-state index contributed by atoms with van der Waals surface area (Å²) >= 11 is 0. The fraction of sp³-hybridized carbons (Fsp3) is 0.261. The summed E-state index contributed by atoms with van der Waals surface area (Å²) in [6.07, 6.45) is 5.09. The van der Waals surface area contributed by atoms with Gasteiger partial charge in [0.1, 0.15) is 5.75 Å². The Morgan fingerprint density at radius 3 is 2.52 bits per heavy atom. The van der Waals surface area contributed by atoms with E-state index in [0.29, 0.717) is 24.8 Å². The maximum Gasteiger partial charge on any atom is 0.246 e. The number of rotatable bonds is 5. The predicted octanol–water partition coefficient (Wildman–Crippen LogP) is 4.16. The van der Waals surface area contributed by atoms with Crippen molar-refractivity contribution in [3.63, 3.8) is 0 Å². The average molecular weight is 389 g/mol.